The number of thiophene rings is 1. The average Bonchev–Trinajstić information content (AvgIpc) is 2.81. The molecule has 1 aromatic heterocycles. The van der Waals surface area contributed by atoms with Crippen LogP contribution in [-0.4, -0.2) is 29.9 Å². The lowest BCUT2D eigenvalue weighted by atomic mass is 10.0. The minimum Gasteiger partial charge on any atom is -0.323 e. The molecule has 1 unspecified atom stereocenters. The van der Waals surface area contributed by atoms with Gasteiger partial charge >= 0.3 is 0 Å². The fraction of sp³-hybridized carbons (Fsp3) is 0.667. The van der Waals surface area contributed by atoms with Crippen LogP contribution in [0, 0.1) is 6.92 Å². The molecule has 3 nitrogen and oxygen atoms in total. The zero-order chi connectivity index (χ0) is 15.4. The molecule has 1 fully saturated rings. The second-order valence-corrected chi connectivity index (χ2v) is 6.41. The van der Waals surface area contributed by atoms with E-state index < -0.39 is 6.43 Å². The van der Waals surface area contributed by atoms with Crippen molar-refractivity contribution in [2.75, 3.05) is 18.4 Å². The third-order valence-electron chi connectivity index (χ3n) is 3.88. The number of carbonyl (C=O) groups excluding carboxylic acids is 1. The standard InChI is InChI=1S/C15H22F2N2OS/c1-3-7-19-8-5-4-6-11(19)15(20)18-12-10(2)9-21-13(12)14(16)17/h9,11,14H,3-8H2,1-2H3,(H,18,20). The van der Waals surface area contributed by atoms with Gasteiger partial charge in [-0.15, -0.1) is 11.3 Å². The summed E-state index contributed by atoms with van der Waals surface area (Å²) in [7, 11) is 0. The number of alkyl halides is 2. The number of carbonyl (C=O) groups is 1. The lowest BCUT2D eigenvalue weighted by Crippen LogP contribution is -2.47. The van der Waals surface area contributed by atoms with E-state index in [4.69, 9.17) is 0 Å². The number of nitrogens with one attached hydrogen (secondary N) is 1. The van der Waals surface area contributed by atoms with Crippen LogP contribution in [0.4, 0.5) is 14.5 Å². The molecule has 0 radical (unpaired) electrons. The van der Waals surface area contributed by atoms with E-state index >= 15 is 0 Å². The number of hydrogen-bond donors (Lipinski definition) is 1. The van der Waals surface area contributed by atoms with Crippen molar-refractivity contribution >= 4 is 22.9 Å². The molecule has 21 heavy (non-hydrogen) atoms. The molecule has 2 rings (SSSR count). The van der Waals surface area contributed by atoms with E-state index in [-0.39, 0.29) is 16.8 Å². The van der Waals surface area contributed by atoms with Crippen molar-refractivity contribution in [1.82, 2.24) is 4.90 Å². The number of aryl methyl sites for hydroxylation is 1. The molecule has 2 heterocycles. The van der Waals surface area contributed by atoms with Crippen LogP contribution in [-0.2, 0) is 4.79 Å². The van der Waals surface area contributed by atoms with Gasteiger partial charge in [-0.25, -0.2) is 8.78 Å². The zero-order valence-electron chi connectivity index (χ0n) is 12.5. The molecule has 1 saturated heterocycles. The molecule has 0 aromatic carbocycles. The van der Waals surface area contributed by atoms with Crippen LogP contribution in [0.5, 0.6) is 0 Å². The van der Waals surface area contributed by atoms with Gasteiger partial charge < -0.3 is 5.32 Å². The molecule has 0 bridgehead atoms. The maximum Gasteiger partial charge on any atom is 0.274 e. The summed E-state index contributed by atoms with van der Waals surface area (Å²) in [5.74, 6) is -0.147. The number of anilines is 1. The van der Waals surface area contributed by atoms with E-state index in [0.717, 1.165) is 50.1 Å². The molecular formula is C15H22F2N2OS. The highest BCUT2D eigenvalue weighted by molar-refractivity contribution is 7.10. The lowest BCUT2D eigenvalue weighted by molar-refractivity contribution is -0.122. The molecule has 1 atom stereocenters. The largest absolute Gasteiger partial charge is 0.323 e. The predicted molar refractivity (Wildman–Crippen MR) is 82.1 cm³/mol. The predicted octanol–water partition coefficient (Wildman–Crippen LogP) is 4.20. The van der Waals surface area contributed by atoms with Crippen LogP contribution in [0.3, 0.4) is 0 Å². The number of amides is 1. The van der Waals surface area contributed by atoms with Gasteiger partial charge in [0.25, 0.3) is 6.43 Å². The van der Waals surface area contributed by atoms with Gasteiger partial charge in [-0.2, -0.15) is 0 Å². The van der Waals surface area contributed by atoms with Crippen LogP contribution in [0.2, 0.25) is 0 Å². The third kappa shape index (κ3) is 3.80. The Hall–Kier alpha value is -1.01. The third-order valence-corrected chi connectivity index (χ3v) is 4.98. The van der Waals surface area contributed by atoms with E-state index in [1.165, 1.54) is 0 Å². The van der Waals surface area contributed by atoms with Gasteiger partial charge in [0.1, 0.15) is 0 Å². The summed E-state index contributed by atoms with van der Waals surface area (Å²) in [4.78, 5) is 14.6. The number of nitrogens with zero attached hydrogens (tertiary/aromatic N) is 1. The zero-order valence-corrected chi connectivity index (χ0v) is 13.3. The second-order valence-electron chi connectivity index (χ2n) is 5.50. The van der Waals surface area contributed by atoms with E-state index in [0.29, 0.717) is 11.3 Å². The van der Waals surface area contributed by atoms with E-state index in [1.54, 1.807) is 12.3 Å². The molecule has 0 saturated carbocycles. The molecule has 0 spiro atoms. The van der Waals surface area contributed by atoms with Crippen molar-refractivity contribution < 1.29 is 13.6 Å². The first-order valence-corrected chi connectivity index (χ1v) is 8.33. The summed E-state index contributed by atoms with van der Waals surface area (Å²) in [6.07, 6.45) is 1.37. The summed E-state index contributed by atoms with van der Waals surface area (Å²) >= 11 is 1.01. The summed E-state index contributed by atoms with van der Waals surface area (Å²) in [6.45, 7) is 5.63. The Labute approximate surface area is 128 Å². The van der Waals surface area contributed by atoms with Crippen molar-refractivity contribution in [2.24, 2.45) is 0 Å². The van der Waals surface area contributed by atoms with Crippen LogP contribution in [0.25, 0.3) is 0 Å². The van der Waals surface area contributed by atoms with Crippen molar-refractivity contribution in [1.29, 1.82) is 0 Å². The number of likely N-dealkylation sites (tertiary alicyclic amines) is 1. The Kier molecular flexibility index (Phi) is 5.70. The van der Waals surface area contributed by atoms with Gasteiger partial charge in [0.2, 0.25) is 5.91 Å². The van der Waals surface area contributed by atoms with Gasteiger partial charge in [-0.3, -0.25) is 9.69 Å². The van der Waals surface area contributed by atoms with Crippen LogP contribution in [0.1, 0.15) is 49.5 Å². The van der Waals surface area contributed by atoms with Crippen molar-refractivity contribution in [3.8, 4) is 0 Å². The molecule has 0 aliphatic carbocycles. The average molecular weight is 316 g/mol. The fourth-order valence-corrected chi connectivity index (χ4v) is 3.69. The van der Waals surface area contributed by atoms with Crippen molar-refractivity contribution in [3.05, 3.63) is 15.8 Å². The Morgan fingerprint density at radius 1 is 1.52 bits per heavy atom. The van der Waals surface area contributed by atoms with E-state index in [2.05, 4.69) is 17.1 Å². The van der Waals surface area contributed by atoms with E-state index in [9.17, 15) is 13.6 Å². The summed E-state index contributed by atoms with van der Waals surface area (Å²) in [5, 5.41) is 4.42. The van der Waals surface area contributed by atoms with Crippen LogP contribution in [0.15, 0.2) is 5.38 Å². The van der Waals surface area contributed by atoms with Crippen LogP contribution < -0.4 is 5.32 Å². The maximum absolute atomic E-state index is 13.0. The van der Waals surface area contributed by atoms with Gasteiger partial charge in [0, 0.05) is 0 Å². The lowest BCUT2D eigenvalue weighted by Gasteiger charge is -2.34. The van der Waals surface area contributed by atoms with Gasteiger partial charge in [0.15, 0.2) is 0 Å². The highest BCUT2D eigenvalue weighted by Crippen LogP contribution is 2.36. The Morgan fingerprint density at radius 3 is 2.95 bits per heavy atom. The highest BCUT2D eigenvalue weighted by Gasteiger charge is 2.29. The fourth-order valence-electron chi connectivity index (χ4n) is 2.83. The normalized spacial score (nSPS) is 20.0. The molecule has 6 heteroatoms. The van der Waals surface area contributed by atoms with E-state index in [1.807, 2.05) is 0 Å². The molecule has 1 aliphatic heterocycles. The summed E-state index contributed by atoms with van der Waals surface area (Å²) < 4.78 is 26.0. The van der Waals surface area contributed by atoms with Gasteiger partial charge in [-0.1, -0.05) is 13.3 Å². The highest BCUT2D eigenvalue weighted by atomic mass is 32.1. The first-order valence-electron chi connectivity index (χ1n) is 7.45. The minimum absolute atomic E-state index is 0.0429. The quantitative estimate of drug-likeness (QED) is 0.883. The number of halogens is 2. The molecule has 118 valence electrons. The first kappa shape index (κ1) is 16.4. The van der Waals surface area contributed by atoms with Crippen molar-refractivity contribution in [3.63, 3.8) is 0 Å². The minimum atomic E-state index is -2.54. The van der Waals surface area contributed by atoms with Gasteiger partial charge in [-0.05, 0) is 50.2 Å². The summed E-state index contributed by atoms with van der Waals surface area (Å²) in [6, 6.07) is -0.191. The van der Waals surface area contributed by atoms with Gasteiger partial charge in [0.05, 0.1) is 16.6 Å². The first-order chi connectivity index (χ1) is 10.0. The SMILES string of the molecule is CCCN1CCCCC1C(=O)Nc1c(C)csc1C(F)F. The topological polar surface area (TPSA) is 32.3 Å². The Bertz CT molecular complexity index is 488. The molecule has 1 N–H and O–H groups in total. The van der Waals surface area contributed by atoms with Crippen LogP contribution >= 0.6 is 11.3 Å². The Balaban J connectivity index is 2.11. The smallest absolute Gasteiger partial charge is 0.274 e. The molecule has 1 amide bonds. The maximum atomic E-state index is 13.0. The summed E-state index contributed by atoms with van der Waals surface area (Å²) in [5.41, 5.74) is 1.02. The molecular weight excluding hydrogens is 294 g/mol. The molecule has 1 aromatic rings. The molecule has 1 aliphatic rings. The second kappa shape index (κ2) is 7.31. The number of hydrogen-bond acceptors (Lipinski definition) is 3. The monoisotopic (exact) mass is 316 g/mol. The number of piperidine rings is 1. The number of rotatable bonds is 5. The van der Waals surface area contributed by atoms with Crippen molar-refractivity contribution in [2.45, 2.75) is 52.0 Å². The Morgan fingerprint density at radius 2 is 2.29 bits per heavy atom.